The minimum absolute atomic E-state index is 0.144. The summed E-state index contributed by atoms with van der Waals surface area (Å²) in [4.78, 5) is 14.0. The van der Waals surface area contributed by atoms with Gasteiger partial charge >= 0.3 is 0 Å². The Hall–Kier alpha value is -0.760. The highest BCUT2D eigenvalue weighted by Crippen LogP contribution is 2.25. The van der Waals surface area contributed by atoms with E-state index < -0.39 is 0 Å². The van der Waals surface area contributed by atoms with Crippen molar-refractivity contribution in [2.45, 2.75) is 26.2 Å². The molecule has 0 aromatic carbocycles. The monoisotopic (exact) mass is 183 g/mol. The molecule has 0 spiro atoms. The first-order chi connectivity index (χ1) is 5.70. The smallest absolute Gasteiger partial charge is 0.267 e. The van der Waals surface area contributed by atoms with Crippen LogP contribution in [0.4, 0.5) is 0 Å². The molecule has 1 aliphatic rings. The van der Waals surface area contributed by atoms with Crippen LogP contribution in [0.5, 0.6) is 0 Å². The molecule has 0 radical (unpaired) electrons. The molecular weight excluding hydrogens is 174 g/mol. The number of aromatic nitrogens is 1. The van der Waals surface area contributed by atoms with Crippen LogP contribution in [0, 0.1) is 6.92 Å². The van der Waals surface area contributed by atoms with E-state index in [0.29, 0.717) is 5.02 Å². The number of aromatic amines is 1. The van der Waals surface area contributed by atoms with E-state index in [1.807, 2.05) is 6.92 Å². The number of hydrogen-bond acceptors (Lipinski definition) is 1. The Balaban J connectivity index is 2.76. The van der Waals surface area contributed by atoms with E-state index in [9.17, 15) is 4.79 Å². The van der Waals surface area contributed by atoms with Crippen molar-refractivity contribution in [2.24, 2.45) is 0 Å². The van der Waals surface area contributed by atoms with E-state index in [2.05, 4.69) is 4.98 Å². The van der Waals surface area contributed by atoms with Crippen LogP contribution in [0.3, 0.4) is 0 Å². The summed E-state index contributed by atoms with van der Waals surface area (Å²) in [6, 6.07) is 0. The van der Waals surface area contributed by atoms with Gasteiger partial charge in [-0.25, -0.2) is 0 Å². The largest absolute Gasteiger partial charge is 0.325 e. The van der Waals surface area contributed by atoms with Crippen LogP contribution >= 0.6 is 11.6 Å². The van der Waals surface area contributed by atoms with Gasteiger partial charge in [-0.05, 0) is 37.3 Å². The molecule has 0 fully saturated rings. The zero-order valence-corrected chi connectivity index (χ0v) is 7.66. The van der Waals surface area contributed by atoms with Crippen molar-refractivity contribution in [3.05, 3.63) is 32.2 Å². The Morgan fingerprint density at radius 2 is 2.17 bits per heavy atom. The van der Waals surface area contributed by atoms with Crippen molar-refractivity contribution < 1.29 is 0 Å². The maximum atomic E-state index is 11.2. The SMILES string of the molecule is Cc1c2c([nH]c(=O)c1Cl)CCC2. The fourth-order valence-corrected chi connectivity index (χ4v) is 1.95. The van der Waals surface area contributed by atoms with Crippen molar-refractivity contribution in [2.75, 3.05) is 0 Å². The minimum atomic E-state index is -0.144. The minimum Gasteiger partial charge on any atom is -0.325 e. The first-order valence-corrected chi connectivity index (χ1v) is 4.48. The number of rotatable bonds is 0. The highest BCUT2D eigenvalue weighted by Gasteiger charge is 2.16. The summed E-state index contributed by atoms with van der Waals surface area (Å²) in [6.45, 7) is 1.92. The van der Waals surface area contributed by atoms with Gasteiger partial charge in [0, 0.05) is 5.69 Å². The predicted molar refractivity (Wildman–Crippen MR) is 48.8 cm³/mol. The van der Waals surface area contributed by atoms with Crippen molar-refractivity contribution in [3.63, 3.8) is 0 Å². The second-order valence-corrected chi connectivity index (χ2v) is 3.58. The summed E-state index contributed by atoms with van der Waals surface area (Å²) in [5.74, 6) is 0. The number of hydrogen-bond donors (Lipinski definition) is 1. The fourth-order valence-electron chi connectivity index (χ4n) is 1.79. The average Bonchev–Trinajstić information content (AvgIpc) is 2.48. The Labute approximate surface area is 75.6 Å². The molecule has 0 atom stereocenters. The van der Waals surface area contributed by atoms with Crippen molar-refractivity contribution >= 4 is 11.6 Å². The number of H-pyrrole nitrogens is 1. The fraction of sp³-hybridized carbons (Fsp3) is 0.444. The maximum Gasteiger partial charge on any atom is 0.267 e. The molecule has 1 aromatic heterocycles. The Morgan fingerprint density at radius 3 is 2.92 bits per heavy atom. The topological polar surface area (TPSA) is 32.9 Å². The Morgan fingerprint density at radius 1 is 1.42 bits per heavy atom. The number of aryl methyl sites for hydroxylation is 1. The molecule has 1 N–H and O–H groups in total. The molecule has 0 unspecified atom stereocenters. The van der Waals surface area contributed by atoms with Crippen molar-refractivity contribution in [1.29, 1.82) is 0 Å². The van der Waals surface area contributed by atoms with Crippen LogP contribution < -0.4 is 5.56 Å². The van der Waals surface area contributed by atoms with Gasteiger partial charge in [0.15, 0.2) is 0 Å². The van der Waals surface area contributed by atoms with Gasteiger partial charge in [-0.15, -0.1) is 0 Å². The van der Waals surface area contributed by atoms with E-state index in [4.69, 9.17) is 11.6 Å². The van der Waals surface area contributed by atoms with Gasteiger partial charge in [0.25, 0.3) is 5.56 Å². The molecule has 0 saturated carbocycles. The van der Waals surface area contributed by atoms with E-state index in [0.717, 1.165) is 30.5 Å². The van der Waals surface area contributed by atoms with E-state index in [1.54, 1.807) is 0 Å². The van der Waals surface area contributed by atoms with Crippen LogP contribution in [0.15, 0.2) is 4.79 Å². The molecule has 64 valence electrons. The lowest BCUT2D eigenvalue weighted by Crippen LogP contribution is -2.11. The van der Waals surface area contributed by atoms with E-state index in [1.165, 1.54) is 5.56 Å². The number of pyridine rings is 1. The van der Waals surface area contributed by atoms with Gasteiger partial charge in [0.05, 0.1) is 0 Å². The van der Waals surface area contributed by atoms with Gasteiger partial charge in [-0.1, -0.05) is 11.6 Å². The Bertz CT molecular complexity index is 381. The van der Waals surface area contributed by atoms with Gasteiger partial charge in [-0.2, -0.15) is 0 Å². The van der Waals surface area contributed by atoms with Crippen LogP contribution in [0.25, 0.3) is 0 Å². The highest BCUT2D eigenvalue weighted by molar-refractivity contribution is 6.31. The van der Waals surface area contributed by atoms with Gasteiger partial charge < -0.3 is 4.98 Å². The lowest BCUT2D eigenvalue weighted by Gasteiger charge is -2.04. The molecular formula is C9H10ClNO. The third-order valence-electron chi connectivity index (χ3n) is 2.46. The molecule has 12 heavy (non-hydrogen) atoms. The third-order valence-corrected chi connectivity index (χ3v) is 2.92. The molecule has 1 aliphatic carbocycles. The highest BCUT2D eigenvalue weighted by atomic mass is 35.5. The van der Waals surface area contributed by atoms with Gasteiger partial charge in [0.1, 0.15) is 5.02 Å². The Kier molecular flexibility index (Phi) is 1.72. The number of fused-ring (bicyclic) bond motifs is 1. The van der Waals surface area contributed by atoms with Gasteiger partial charge in [0.2, 0.25) is 0 Å². The average molecular weight is 184 g/mol. The molecule has 2 rings (SSSR count). The molecule has 1 aromatic rings. The van der Waals surface area contributed by atoms with Crippen LogP contribution in [0.1, 0.15) is 23.2 Å². The molecule has 1 heterocycles. The quantitative estimate of drug-likeness (QED) is 0.654. The summed E-state index contributed by atoms with van der Waals surface area (Å²) in [5, 5.41) is 0.357. The zero-order chi connectivity index (χ0) is 8.72. The standard InChI is InChI=1S/C9H10ClNO/c1-5-6-3-2-4-7(6)11-9(12)8(5)10/h2-4H2,1H3,(H,11,12). The molecule has 0 bridgehead atoms. The van der Waals surface area contributed by atoms with Crippen molar-refractivity contribution in [1.82, 2.24) is 4.98 Å². The molecule has 0 amide bonds. The third kappa shape index (κ3) is 0.985. The first-order valence-electron chi connectivity index (χ1n) is 4.10. The van der Waals surface area contributed by atoms with Crippen LogP contribution in [0.2, 0.25) is 5.02 Å². The van der Waals surface area contributed by atoms with Gasteiger partial charge in [-0.3, -0.25) is 4.79 Å². The van der Waals surface area contributed by atoms with Crippen molar-refractivity contribution in [3.8, 4) is 0 Å². The summed E-state index contributed by atoms with van der Waals surface area (Å²) in [5.41, 5.74) is 3.16. The first kappa shape index (κ1) is 7.87. The number of halogens is 1. The number of nitrogens with one attached hydrogen (secondary N) is 1. The lowest BCUT2D eigenvalue weighted by molar-refractivity contribution is 0.896. The predicted octanol–water partition coefficient (Wildman–Crippen LogP) is 1.83. The molecule has 0 aliphatic heterocycles. The van der Waals surface area contributed by atoms with Crippen LogP contribution in [-0.2, 0) is 12.8 Å². The normalized spacial score (nSPS) is 14.8. The lowest BCUT2D eigenvalue weighted by atomic mass is 10.1. The van der Waals surface area contributed by atoms with Crippen LogP contribution in [-0.4, -0.2) is 4.98 Å². The molecule has 3 heteroatoms. The maximum absolute atomic E-state index is 11.2. The summed E-state index contributed by atoms with van der Waals surface area (Å²) < 4.78 is 0. The van der Waals surface area contributed by atoms with E-state index >= 15 is 0 Å². The second-order valence-electron chi connectivity index (χ2n) is 3.20. The summed E-state index contributed by atoms with van der Waals surface area (Å²) >= 11 is 5.82. The zero-order valence-electron chi connectivity index (χ0n) is 6.91. The second kappa shape index (κ2) is 2.63. The van der Waals surface area contributed by atoms with E-state index in [-0.39, 0.29) is 5.56 Å². The summed E-state index contributed by atoms with van der Waals surface area (Å²) in [7, 11) is 0. The summed E-state index contributed by atoms with van der Waals surface area (Å²) in [6.07, 6.45) is 3.17. The molecule has 2 nitrogen and oxygen atoms in total. The molecule has 0 saturated heterocycles.